The molecule has 6 heteroatoms. The van der Waals surface area contributed by atoms with Gasteiger partial charge in [0.15, 0.2) is 0 Å². The molecule has 0 unspecified atom stereocenters. The van der Waals surface area contributed by atoms with Gasteiger partial charge in [0, 0.05) is 42.5 Å². The molecule has 1 aromatic rings. The summed E-state index contributed by atoms with van der Waals surface area (Å²) in [6.45, 7) is 2.55. The van der Waals surface area contributed by atoms with Gasteiger partial charge in [0.2, 0.25) is 0 Å². The van der Waals surface area contributed by atoms with Crippen LogP contribution in [0.15, 0.2) is 12.3 Å². The van der Waals surface area contributed by atoms with Crippen LogP contribution < -0.4 is 10.1 Å². The van der Waals surface area contributed by atoms with E-state index in [2.05, 4.69) is 10.3 Å². The minimum absolute atomic E-state index is 0.0274. The Morgan fingerprint density at radius 3 is 2.80 bits per heavy atom. The fourth-order valence-electron chi connectivity index (χ4n) is 1.83. The Hall–Kier alpha value is -1.30. The summed E-state index contributed by atoms with van der Waals surface area (Å²) in [4.78, 5) is 4.21. The monoisotopic (exact) mass is 288 g/mol. The third kappa shape index (κ3) is 5.36. The molecule has 2 rings (SSSR count). The zero-order valence-corrected chi connectivity index (χ0v) is 11.5. The summed E-state index contributed by atoms with van der Waals surface area (Å²) in [5.74, 6) is 0.632. The van der Waals surface area contributed by atoms with E-state index in [0.29, 0.717) is 18.3 Å². The van der Waals surface area contributed by atoms with Crippen molar-refractivity contribution in [1.29, 1.82) is 0 Å². The van der Waals surface area contributed by atoms with Crippen LogP contribution in [-0.4, -0.2) is 23.8 Å². The highest BCUT2D eigenvalue weighted by atomic mass is 19.4. The van der Waals surface area contributed by atoms with Crippen molar-refractivity contribution in [3.05, 3.63) is 23.5 Å². The van der Waals surface area contributed by atoms with Crippen LogP contribution in [0.4, 0.5) is 13.2 Å². The van der Waals surface area contributed by atoms with E-state index in [9.17, 15) is 13.2 Å². The van der Waals surface area contributed by atoms with Crippen molar-refractivity contribution in [2.75, 3.05) is 6.61 Å². The maximum Gasteiger partial charge on any atom is 0.389 e. The first kappa shape index (κ1) is 15.1. The molecule has 0 saturated heterocycles. The summed E-state index contributed by atoms with van der Waals surface area (Å²) in [7, 11) is 0. The normalized spacial score (nSPS) is 15.4. The third-order valence-corrected chi connectivity index (χ3v) is 3.10. The molecule has 1 heterocycles. The fourth-order valence-corrected chi connectivity index (χ4v) is 1.83. The van der Waals surface area contributed by atoms with Crippen molar-refractivity contribution in [1.82, 2.24) is 10.3 Å². The Labute approximate surface area is 116 Å². The number of halogens is 3. The molecule has 1 aliphatic rings. The number of hydrogen-bond donors (Lipinski definition) is 1. The van der Waals surface area contributed by atoms with Crippen molar-refractivity contribution >= 4 is 0 Å². The number of ether oxygens (including phenoxy) is 1. The van der Waals surface area contributed by atoms with Gasteiger partial charge >= 0.3 is 6.18 Å². The predicted molar refractivity (Wildman–Crippen MR) is 69.6 cm³/mol. The smallest absolute Gasteiger partial charge is 0.389 e. The Kier molecular flexibility index (Phi) is 4.86. The molecule has 0 amide bonds. The van der Waals surface area contributed by atoms with E-state index in [1.165, 1.54) is 12.8 Å². The maximum atomic E-state index is 12.1. The van der Waals surface area contributed by atoms with Gasteiger partial charge in [-0.15, -0.1) is 0 Å². The summed E-state index contributed by atoms with van der Waals surface area (Å²) in [5.41, 5.74) is 1.69. The van der Waals surface area contributed by atoms with Crippen LogP contribution >= 0.6 is 0 Å². The molecule has 3 nitrogen and oxygen atoms in total. The highest BCUT2D eigenvalue weighted by molar-refractivity contribution is 5.32. The van der Waals surface area contributed by atoms with Crippen LogP contribution in [0.2, 0.25) is 0 Å². The van der Waals surface area contributed by atoms with Crippen LogP contribution in [0.25, 0.3) is 0 Å². The standard InChI is InChI=1S/C14H19F3N2O/c1-10-7-13(20-6-2-5-14(15,16)17)11(8-18-10)9-19-12-3-4-12/h7-8,12,19H,2-6,9H2,1H3. The molecule has 1 saturated carbocycles. The van der Waals surface area contributed by atoms with E-state index in [-0.39, 0.29) is 13.0 Å². The second-order valence-corrected chi connectivity index (χ2v) is 5.16. The van der Waals surface area contributed by atoms with E-state index in [1.807, 2.05) is 6.92 Å². The average molecular weight is 288 g/mol. The molecule has 0 spiro atoms. The molecule has 0 atom stereocenters. The molecular weight excluding hydrogens is 269 g/mol. The first-order valence-corrected chi connectivity index (χ1v) is 6.82. The average Bonchev–Trinajstić information content (AvgIpc) is 3.16. The summed E-state index contributed by atoms with van der Waals surface area (Å²) in [5, 5.41) is 3.35. The van der Waals surface area contributed by atoms with Gasteiger partial charge in [-0.25, -0.2) is 0 Å². The maximum absolute atomic E-state index is 12.1. The lowest BCUT2D eigenvalue weighted by molar-refractivity contribution is -0.136. The molecule has 0 radical (unpaired) electrons. The van der Waals surface area contributed by atoms with Crippen LogP contribution in [0, 0.1) is 6.92 Å². The van der Waals surface area contributed by atoms with Crippen LogP contribution in [-0.2, 0) is 6.54 Å². The van der Waals surface area contributed by atoms with E-state index in [0.717, 1.165) is 11.3 Å². The number of hydrogen-bond acceptors (Lipinski definition) is 3. The number of aryl methyl sites for hydroxylation is 1. The molecule has 20 heavy (non-hydrogen) atoms. The predicted octanol–water partition coefficient (Wildman–Crippen LogP) is 3.36. The van der Waals surface area contributed by atoms with Gasteiger partial charge in [-0.1, -0.05) is 0 Å². The Morgan fingerprint density at radius 2 is 2.15 bits per heavy atom. The van der Waals surface area contributed by atoms with Crippen LogP contribution in [0.5, 0.6) is 5.75 Å². The second kappa shape index (κ2) is 6.43. The summed E-state index contributed by atoms with van der Waals surface area (Å²) in [6.07, 6.45) is -0.868. The number of rotatable bonds is 7. The number of nitrogens with one attached hydrogen (secondary N) is 1. The number of aromatic nitrogens is 1. The van der Waals surface area contributed by atoms with Crippen LogP contribution in [0.1, 0.15) is 36.9 Å². The topological polar surface area (TPSA) is 34.1 Å². The molecule has 0 aliphatic heterocycles. The van der Waals surface area contributed by atoms with E-state index in [4.69, 9.17) is 4.74 Å². The summed E-state index contributed by atoms with van der Waals surface area (Å²) < 4.78 is 41.7. The molecular formula is C14H19F3N2O. The SMILES string of the molecule is Cc1cc(OCCCC(F)(F)F)c(CNC2CC2)cn1. The number of pyridine rings is 1. The molecule has 112 valence electrons. The number of alkyl halides is 3. The quantitative estimate of drug-likeness (QED) is 0.781. The van der Waals surface area contributed by atoms with Crippen molar-refractivity contribution in [3.8, 4) is 5.75 Å². The third-order valence-electron chi connectivity index (χ3n) is 3.10. The van der Waals surface area contributed by atoms with E-state index < -0.39 is 12.6 Å². The molecule has 0 bridgehead atoms. The molecule has 0 aromatic carbocycles. The summed E-state index contributed by atoms with van der Waals surface area (Å²) in [6, 6.07) is 2.34. The highest BCUT2D eigenvalue weighted by Crippen LogP contribution is 2.24. The zero-order valence-electron chi connectivity index (χ0n) is 11.5. The van der Waals surface area contributed by atoms with Crippen molar-refractivity contribution in [2.24, 2.45) is 0 Å². The minimum atomic E-state index is -4.12. The molecule has 1 aromatic heterocycles. The van der Waals surface area contributed by atoms with Gasteiger partial charge in [0.1, 0.15) is 5.75 Å². The van der Waals surface area contributed by atoms with Gasteiger partial charge in [0.25, 0.3) is 0 Å². The van der Waals surface area contributed by atoms with Crippen molar-refractivity contribution in [3.63, 3.8) is 0 Å². The van der Waals surface area contributed by atoms with Gasteiger partial charge in [0.05, 0.1) is 6.61 Å². The fraction of sp³-hybridized carbons (Fsp3) is 0.643. The highest BCUT2D eigenvalue weighted by Gasteiger charge is 2.26. The van der Waals surface area contributed by atoms with Crippen molar-refractivity contribution < 1.29 is 17.9 Å². The second-order valence-electron chi connectivity index (χ2n) is 5.16. The van der Waals surface area contributed by atoms with Gasteiger partial charge < -0.3 is 10.1 Å². The largest absolute Gasteiger partial charge is 0.493 e. The number of nitrogens with zero attached hydrogens (tertiary/aromatic N) is 1. The lowest BCUT2D eigenvalue weighted by Crippen LogP contribution is -2.17. The minimum Gasteiger partial charge on any atom is -0.493 e. The summed E-state index contributed by atoms with van der Waals surface area (Å²) >= 11 is 0. The Morgan fingerprint density at radius 1 is 1.40 bits per heavy atom. The van der Waals surface area contributed by atoms with Gasteiger partial charge in [-0.3, -0.25) is 4.98 Å². The van der Waals surface area contributed by atoms with E-state index in [1.54, 1.807) is 12.3 Å². The lowest BCUT2D eigenvalue weighted by Gasteiger charge is -2.13. The lowest BCUT2D eigenvalue weighted by atomic mass is 10.2. The van der Waals surface area contributed by atoms with Gasteiger partial charge in [-0.05, 0) is 26.2 Å². The molecule has 1 aliphatic carbocycles. The zero-order chi connectivity index (χ0) is 14.6. The molecule has 1 fully saturated rings. The first-order chi connectivity index (χ1) is 9.44. The van der Waals surface area contributed by atoms with Crippen LogP contribution in [0.3, 0.4) is 0 Å². The molecule has 1 N–H and O–H groups in total. The Balaban J connectivity index is 1.85. The van der Waals surface area contributed by atoms with Crippen molar-refractivity contribution in [2.45, 2.75) is 51.4 Å². The first-order valence-electron chi connectivity index (χ1n) is 6.82. The Bertz CT molecular complexity index is 445. The van der Waals surface area contributed by atoms with E-state index >= 15 is 0 Å². The van der Waals surface area contributed by atoms with Gasteiger partial charge in [-0.2, -0.15) is 13.2 Å².